The molecule has 3 heterocycles. The van der Waals surface area contributed by atoms with E-state index in [9.17, 15) is 9.90 Å². The smallest absolute Gasteiger partial charge is 0.244 e. The van der Waals surface area contributed by atoms with Gasteiger partial charge in [-0.3, -0.25) is 4.79 Å². The molecule has 0 aliphatic carbocycles. The number of nitrogens with two attached hydrogens (primary N) is 1. The molecule has 3 N–H and O–H groups in total. The van der Waals surface area contributed by atoms with Crippen molar-refractivity contribution < 1.29 is 14.4 Å². The first-order chi connectivity index (χ1) is 10.9. The summed E-state index contributed by atoms with van der Waals surface area (Å²) in [5, 5.41) is 18.2. The van der Waals surface area contributed by atoms with Gasteiger partial charge in [0.2, 0.25) is 5.91 Å². The lowest BCUT2D eigenvalue weighted by molar-refractivity contribution is -0.131. The van der Waals surface area contributed by atoms with E-state index in [4.69, 9.17) is 10.3 Å². The van der Waals surface area contributed by atoms with E-state index >= 15 is 0 Å². The number of nitrogens with zero attached hydrogens (tertiary/aromatic N) is 4. The van der Waals surface area contributed by atoms with E-state index in [1.54, 1.807) is 11.0 Å². The van der Waals surface area contributed by atoms with Gasteiger partial charge in [0, 0.05) is 37.6 Å². The highest BCUT2D eigenvalue weighted by Crippen LogP contribution is 2.22. The number of anilines is 1. The molecule has 0 aromatic carbocycles. The topological polar surface area (TPSA) is 110 Å². The Hall–Kier alpha value is -2.35. The van der Waals surface area contributed by atoms with Gasteiger partial charge in [-0.1, -0.05) is 5.16 Å². The number of nitrogen functional groups attached to an aromatic ring is 1. The van der Waals surface area contributed by atoms with E-state index in [1.807, 2.05) is 19.9 Å². The third-order valence-electron chi connectivity index (χ3n) is 4.12. The third kappa shape index (κ3) is 3.37. The quantitative estimate of drug-likeness (QED) is 0.829. The van der Waals surface area contributed by atoms with Crippen LogP contribution in [0.15, 0.2) is 16.7 Å². The van der Waals surface area contributed by atoms with Gasteiger partial charge in [0.15, 0.2) is 0 Å². The number of hydrogen-bond acceptors (Lipinski definition) is 6. The second kappa shape index (κ2) is 6.04. The zero-order valence-corrected chi connectivity index (χ0v) is 13.3. The Kier molecular flexibility index (Phi) is 4.08. The van der Waals surface area contributed by atoms with Crippen LogP contribution in [0.5, 0.6) is 0 Å². The van der Waals surface area contributed by atoms with E-state index in [2.05, 4.69) is 10.3 Å². The van der Waals surface area contributed by atoms with Gasteiger partial charge in [0.25, 0.3) is 0 Å². The molecule has 8 nitrogen and oxygen atoms in total. The Balaban J connectivity index is 1.61. The number of aliphatic hydroxyl groups is 1. The first kappa shape index (κ1) is 15.5. The van der Waals surface area contributed by atoms with E-state index in [0.29, 0.717) is 25.3 Å². The van der Waals surface area contributed by atoms with Crippen LogP contribution in [-0.2, 0) is 17.8 Å². The molecule has 3 rings (SSSR count). The van der Waals surface area contributed by atoms with Crippen molar-refractivity contribution in [1.82, 2.24) is 19.8 Å². The maximum absolute atomic E-state index is 12.4. The minimum absolute atomic E-state index is 0.0528. The van der Waals surface area contributed by atoms with Crippen LogP contribution in [-0.4, -0.2) is 50.0 Å². The van der Waals surface area contributed by atoms with Gasteiger partial charge in [0.05, 0.1) is 17.5 Å². The van der Waals surface area contributed by atoms with Gasteiger partial charge in [-0.2, -0.15) is 5.10 Å². The number of aryl methyl sites for hydroxylation is 2. The molecule has 0 radical (unpaired) electrons. The van der Waals surface area contributed by atoms with E-state index in [1.165, 1.54) is 4.68 Å². The fourth-order valence-electron chi connectivity index (χ4n) is 2.95. The van der Waals surface area contributed by atoms with E-state index in [0.717, 1.165) is 17.1 Å². The van der Waals surface area contributed by atoms with Crippen molar-refractivity contribution in [2.75, 3.05) is 18.8 Å². The first-order valence-electron chi connectivity index (χ1n) is 7.60. The Bertz CT molecular complexity index is 708. The summed E-state index contributed by atoms with van der Waals surface area (Å²) in [5.41, 5.74) is 7.39. The van der Waals surface area contributed by atoms with Crippen molar-refractivity contribution >= 4 is 11.7 Å². The average molecular weight is 319 g/mol. The van der Waals surface area contributed by atoms with Crippen molar-refractivity contribution in [2.45, 2.75) is 32.9 Å². The second-order valence-electron chi connectivity index (χ2n) is 6.13. The summed E-state index contributed by atoms with van der Waals surface area (Å²) in [7, 11) is 0. The number of amides is 1. The Morgan fingerprint density at radius 2 is 2.17 bits per heavy atom. The summed E-state index contributed by atoms with van der Waals surface area (Å²) in [6.45, 7) is 4.56. The lowest BCUT2D eigenvalue weighted by Gasteiger charge is -2.16. The minimum Gasteiger partial charge on any atom is -0.391 e. The predicted molar refractivity (Wildman–Crippen MR) is 82.4 cm³/mol. The monoisotopic (exact) mass is 319 g/mol. The maximum Gasteiger partial charge on any atom is 0.244 e. The zero-order chi connectivity index (χ0) is 16.6. The Morgan fingerprint density at radius 3 is 2.78 bits per heavy atom. The molecule has 0 saturated carbocycles. The van der Waals surface area contributed by atoms with Crippen LogP contribution in [0.3, 0.4) is 0 Å². The van der Waals surface area contributed by atoms with Crippen LogP contribution in [0.2, 0.25) is 0 Å². The number of carbonyl (C=O) groups excluding carboxylic acids is 1. The molecule has 0 spiro atoms. The van der Waals surface area contributed by atoms with Crippen molar-refractivity contribution in [3.05, 3.63) is 29.3 Å². The molecule has 1 amide bonds. The molecule has 2 aromatic heterocycles. The highest BCUT2D eigenvalue weighted by Gasteiger charge is 2.34. The second-order valence-corrected chi connectivity index (χ2v) is 6.13. The maximum atomic E-state index is 12.4. The molecule has 1 fully saturated rings. The van der Waals surface area contributed by atoms with Crippen molar-refractivity contribution in [1.29, 1.82) is 0 Å². The van der Waals surface area contributed by atoms with Crippen molar-refractivity contribution in [3.8, 4) is 0 Å². The lowest BCUT2D eigenvalue weighted by Crippen LogP contribution is -2.33. The first-order valence-corrected chi connectivity index (χ1v) is 7.60. The molecule has 8 heteroatoms. The van der Waals surface area contributed by atoms with Crippen LogP contribution in [0, 0.1) is 19.8 Å². The summed E-state index contributed by atoms with van der Waals surface area (Å²) < 4.78 is 6.67. The molecule has 23 heavy (non-hydrogen) atoms. The molecule has 1 aliphatic rings. The fourth-order valence-corrected chi connectivity index (χ4v) is 2.95. The zero-order valence-electron chi connectivity index (χ0n) is 13.3. The van der Waals surface area contributed by atoms with E-state index < -0.39 is 6.10 Å². The highest BCUT2D eigenvalue weighted by atomic mass is 16.5. The molecule has 0 bridgehead atoms. The molecule has 2 atom stereocenters. The highest BCUT2D eigenvalue weighted by molar-refractivity contribution is 5.76. The number of aromatic nitrogens is 3. The van der Waals surface area contributed by atoms with Crippen LogP contribution in [0.1, 0.15) is 17.1 Å². The number of rotatable bonds is 4. The van der Waals surface area contributed by atoms with Gasteiger partial charge in [-0.15, -0.1) is 0 Å². The Morgan fingerprint density at radius 1 is 1.39 bits per heavy atom. The van der Waals surface area contributed by atoms with Gasteiger partial charge >= 0.3 is 0 Å². The van der Waals surface area contributed by atoms with Crippen LogP contribution in [0.4, 0.5) is 5.82 Å². The normalized spacial score (nSPS) is 21.1. The molecule has 124 valence electrons. The largest absolute Gasteiger partial charge is 0.391 e. The Labute approximate surface area is 133 Å². The van der Waals surface area contributed by atoms with Crippen LogP contribution < -0.4 is 5.73 Å². The predicted octanol–water partition coefficient (Wildman–Crippen LogP) is 0.132. The fraction of sp³-hybridized carbons (Fsp3) is 0.533. The van der Waals surface area contributed by atoms with Gasteiger partial charge in [0.1, 0.15) is 18.1 Å². The number of carbonyl (C=O) groups is 1. The average Bonchev–Trinajstić information content (AvgIpc) is 3.13. The summed E-state index contributed by atoms with van der Waals surface area (Å²) in [6.07, 6.45) is -0.00417. The molecule has 0 unspecified atom stereocenters. The summed E-state index contributed by atoms with van der Waals surface area (Å²) in [5.74, 6) is 1.04. The number of β-amino-alcohol motifs (C(OH)–C–C–N with tert-alkyl or cyclic N) is 1. The molecule has 1 saturated heterocycles. The third-order valence-corrected chi connectivity index (χ3v) is 4.12. The summed E-state index contributed by atoms with van der Waals surface area (Å²) in [6, 6.07) is 3.57. The molecular weight excluding hydrogens is 298 g/mol. The van der Waals surface area contributed by atoms with Crippen LogP contribution in [0.25, 0.3) is 0 Å². The molecule has 1 aliphatic heterocycles. The van der Waals surface area contributed by atoms with E-state index in [-0.39, 0.29) is 18.4 Å². The standard InChI is InChI=1S/C15H21N5O3/c1-9-4-14(16)20(17-9)8-15(22)19-6-11(13(21)7-19)5-12-3-10(2)18-23-12/h3-4,11,13,21H,5-8,16H2,1-2H3/t11-,13+/m1/s1. The van der Waals surface area contributed by atoms with Gasteiger partial charge in [-0.05, 0) is 13.8 Å². The minimum atomic E-state index is -0.568. The lowest BCUT2D eigenvalue weighted by atomic mass is 10.0. The van der Waals surface area contributed by atoms with Crippen LogP contribution >= 0.6 is 0 Å². The number of hydrogen-bond donors (Lipinski definition) is 2. The van der Waals surface area contributed by atoms with Crippen molar-refractivity contribution in [3.63, 3.8) is 0 Å². The van der Waals surface area contributed by atoms with Crippen molar-refractivity contribution in [2.24, 2.45) is 5.92 Å². The molecule has 2 aromatic rings. The molecular formula is C15H21N5O3. The number of aliphatic hydroxyl groups excluding tert-OH is 1. The number of likely N-dealkylation sites (tertiary alicyclic amines) is 1. The van der Waals surface area contributed by atoms with Gasteiger partial charge in [-0.25, -0.2) is 4.68 Å². The SMILES string of the molecule is Cc1cc(C[C@@H]2CN(C(=O)Cn3nc(C)cc3N)C[C@@H]2O)on1. The van der Waals surface area contributed by atoms with Gasteiger partial charge < -0.3 is 20.3 Å². The summed E-state index contributed by atoms with van der Waals surface area (Å²) >= 11 is 0. The summed E-state index contributed by atoms with van der Waals surface area (Å²) in [4.78, 5) is 14.0.